The second-order valence-corrected chi connectivity index (χ2v) is 5.92. The Labute approximate surface area is 120 Å². The van der Waals surface area contributed by atoms with Crippen LogP contribution in [0.5, 0.6) is 0 Å². The van der Waals surface area contributed by atoms with Gasteiger partial charge in [-0.15, -0.1) is 0 Å². The van der Waals surface area contributed by atoms with Gasteiger partial charge in [0.15, 0.2) is 0 Å². The van der Waals surface area contributed by atoms with Crippen molar-refractivity contribution < 1.29 is 14.3 Å². The summed E-state index contributed by atoms with van der Waals surface area (Å²) >= 11 is 0. The van der Waals surface area contributed by atoms with Crippen molar-refractivity contribution in [2.24, 2.45) is 11.7 Å². The molecule has 1 saturated heterocycles. The van der Waals surface area contributed by atoms with Crippen molar-refractivity contribution in [3.8, 4) is 0 Å². The average molecular weight is 282 g/mol. The van der Waals surface area contributed by atoms with Crippen molar-refractivity contribution in [3.05, 3.63) is 0 Å². The van der Waals surface area contributed by atoms with Gasteiger partial charge >= 0.3 is 5.97 Å². The molecule has 1 aliphatic heterocycles. The number of carbonyl (C=O) groups excluding carboxylic acids is 2. The topological polar surface area (TPSA) is 72.6 Å². The molecule has 0 aromatic carbocycles. The first-order valence-corrected chi connectivity index (χ1v) is 7.86. The molecule has 2 aliphatic rings. The maximum absolute atomic E-state index is 12.7. The Morgan fingerprint density at radius 3 is 2.70 bits per heavy atom. The molecule has 0 spiro atoms. The summed E-state index contributed by atoms with van der Waals surface area (Å²) in [4.78, 5) is 26.5. The molecule has 5 nitrogen and oxygen atoms in total. The van der Waals surface area contributed by atoms with Gasteiger partial charge in [0.25, 0.3) is 0 Å². The van der Waals surface area contributed by atoms with E-state index in [2.05, 4.69) is 0 Å². The van der Waals surface area contributed by atoms with Crippen molar-refractivity contribution in [1.29, 1.82) is 0 Å². The Kier molecular flexibility index (Phi) is 5.40. The van der Waals surface area contributed by atoms with Crippen LogP contribution in [0.1, 0.15) is 51.9 Å². The SMILES string of the molecule is CCOC(=O)C1CCCCN1C(=O)C1CCCC(N)C1. The van der Waals surface area contributed by atoms with Crippen molar-refractivity contribution in [2.45, 2.75) is 64.0 Å². The zero-order valence-electron chi connectivity index (χ0n) is 12.3. The summed E-state index contributed by atoms with van der Waals surface area (Å²) in [7, 11) is 0. The van der Waals surface area contributed by atoms with Gasteiger partial charge in [0, 0.05) is 18.5 Å². The molecule has 5 heteroatoms. The lowest BCUT2D eigenvalue weighted by atomic mass is 9.84. The quantitative estimate of drug-likeness (QED) is 0.795. The number of rotatable bonds is 3. The van der Waals surface area contributed by atoms with Crippen molar-refractivity contribution in [2.75, 3.05) is 13.2 Å². The third-order valence-corrected chi connectivity index (χ3v) is 4.41. The Morgan fingerprint density at radius 1 is 1.20 bits per heavy atom. The molecule has 0 aromatic rings. The predicted octanol–water partition coefficient (Wildman–Crippen LogP) is 1.45. The monoisotopic (exact) mass is 282 g/mol. The van der Waals surface area contributed by atoms with Gasteiger partial charge in [-0.1, -0.05) is 6.42 Å². The molecule has 2 rings (SSSR count). The third kappa shape index (κ3) is 3.51. The highest BCUT2D eigenvalue weighted by molar-refractivity contribution is 5.86. The van der Waals surface area contributed by atoms with E-state index in [0.717, 1.165) is 44.9 Å². The average Bonchev–Trinajstić information content (AvgIpc) is 2.47. The minimum absolute atomic E-state index is 0.00576. The van der Waals surface area contributed by atoms with Gasteiger partial charge in [-0.2, -0.15) is 0 Å². The summed E-state index contributed by atoms with van der Waals surface area (Å²) in [5, 5.41) is 0. The Hall–Kier alpha value is -1.10. The molecule has 1 amide bonds. The zero-order valence-corrected chi connectivity index (χ0v) is 12.3. The number of carbonyl (C=O) groups is 2. The van der Waals surface area contributed by atoms with Gasteiger partial charge in [0.2, 0.25) is 5.91 Å². The molecule has 1 aliphatic carbocycles. The lowest BCUT2D eigenvalue weighted by molar-refractivity contribution is -0.158. The Bertz CT molecular complexity index is 359. The molecule has 3 atom stereocenters. The highest BCUT2D eigenvalue weighted by Gasteiger charge is 2.37. The van der Waals surface area contributed by atoms with Gasteiger partial charge in [0.05, 0.1) is 6.61 Å². The van der Waals surface area contributed by atoms with E-state index in [0.29, 0.717) is 13.2 Å². The van der Waals surface area contributed by atoms with Crippen LogP contribution in [-0.4, -0.2) is 42.0 Å². The number of esters is 1. The largest absolute Gasteiger partial charge is 0.464 e. The van der Waals surface area contributed by atoms with Crippen LogP contribution in [0, 0.1) is 5.92 Å². The Morgan fingerprint density at radius 2 is 2.00 bits per heavy atom. The fraction of sp³-hybridized carbons (Fsp3) is 0.867. The van der Waals surface area contributed by atoms with Crippen LogP contribution in [0.25, 0.3) is 0 Å². The van der Waals surface area contributed by atoms with Gasteiger partial charge in [-0.25, -0.2) is 4.79 Å². The lowest BCUT2D eigenvalue weighted by Gasteiger charge is -2.37. The molecule has 0 aromatic heterocycles. The summed E-state index contributed by atoms with van der Waals surface area (Å²) in [6.45, 7) is 2.84. The van der Waals surface area contributed by atoms with E-state index in [1.54, 1.807) is 11.8 Å². The van der Waals surface area contributed by atoms with Gasteiger partial charge in [0.1, 0.15) is 6.04 Å². The third-order valence-electron chi connectivity index (χ3n) is 4.41. The summed E-state index contributed by atoms with van der Waals surface area (Å²) in [5.41, 5.74) is 5.97. The number of nitrogens with two attached hydrogens (primary N) is 1. The van der Waals surface area contributed by atoms with Crippen molar-refractivity contribution >= 4 is 11.9 Å². The maximum atomic E-state index is 12.7. The van der Waals surface area contributed by atoms with E-state index in [1.165, 1.54) is 0 Å². The number of ether oxygens (including phenoxy) is 1. The van der Waals surface area contributed by atoms with E-state index in [-0.39, 0.29) is 29.9 Å². The van der Waals surface area contributed by atoms with E-state index < -0.39 is 0 Å². The van der Waals surface area contributed by atoms with E-state index >= 15 is 0 Å². The predicted molar refractivity (Wildman–Crippen MR) is 75.9 cm³/mol. The van der Waals surface area contributed by atoms with Crippen LogP contribution >= 0.6 is 0 Å². The molecule has 1 heterocycles. The fourth-order valence-electron chi connectivity index (χ4n) is 3.37. The second-order valence-electron chi connectivity index (χ2n) is 5.92. The van der Waals surface area contributed by atoms with Gasteiger partial charge in [-0.3, -0.25) is 4.79 Å². The normalized spacial score (nSPS) is 30.9. The second kappa shape index (κ2) is 7.07. The molecule has 114 valence electrons. The minimum atomic E-state index is -0.380. The number of likely N-dealkylation sites (tertiary alicyclic amines) is 1. The van der Waals surface area contributed by atoms with Gasteiger partial charge < -0.3 is 15.4 Å². The zero-order chi connectivity index (χ0) is 14.5. The van der Waals surface area contributed by atoms with Crippen LogP contribution < -0.4 is 5.73 Å². The molecule has 0 radical (unpaired) electrons. The van der Waals surface area contributed by atoms with Crippen LogP contribution in [-0.2, 0) is 14.3 Å². The smallest absolute Gasteiger partial charge is 0.328 e. The van der Waals surface area contributed by atoms with Crippen LogP contribution in [0.2, 0.25) is 0 Å². The van der Waals surface area contributed by atoms with E-state index in [4.69, 9.17) is 10.5 Å². The van der Waals surface area contributed by atoms with Crippen LogP contribution in [0.4, 0.5) is 0 Å². The van der Waals surface area contributed by atoms with Crippen molar-refractivity contribution in [1.82, 2.24) is 4.90 Å². The standard InChI is InChI=1S/C15H26N2O3/c1-2-20-15(19)13-8-3-4-9-17(13)14(18)11-6-5-7-12(16)10-11/h11-13H,2-10,16H2,1H3. The van der Waals surface area contributed by atoms with Gasteiger partial charge in [-0.05, 0) is 45.4 Å². The number of hydrogen-bond donors (Lipinski definition) is 1. The molecule has 2 N–H and O–H groups in total. The molecular weight excluding hydrogens is 256 g/mol. The minimum Gasteiger partial charge on any atom is -0.464 e. The molecule has 0 bridgehead atoms. The number of piperidine rings is 1. The molecule has 1 saturated carbocycles. The van der Waals surface area contributed by atoms with E-state index in [1.807, 2.05) is 0 Å². The summed E-state index contributed by atoms with van der Waals surface area (Å²) < 4.78 is 5.11. The molecule has 20 heavy (non-hydrogen) atoms. The maximum Gasteiger partial charge on any atom is 0.328 e. The lowest BCUT2D eigenvalue weighted by Crippen LogP contribution is -2.51. The molecule has 2 fully saturated rings. The highest BCUT2D eigenvalue weighted by Crippen LogP contribution is 2.28. The first-order valence-electron chi connectivity index (χ1n) is 7.86. The van der Waals surface area contributed by atoms with E-state index in [9.17, 15) is 9.59 Å². The van der Waals surface area contributed by atoms with Crippen LogP contribution in [0.15, 0.2) is 0 Å². The number of nitrogens with zero attached hydrogens (tertiary/aromatic N) is 1. The van der Waals surface area contributed by atoms with Crippen molar-refractivity contribution in [3.63, 3.8) is 0 Å². The number of hydrogen-bond acceptors (Lipinski definition) is 4. The summed E-state index contributed by atoms with van der Waals surface area (Å²) in [6.07, 6.45) is 6.35. The van der Waals surface area contributed by atoms with Crippen LogP contribution in [0.3, 0.4) is 0 Å². The summed E-state index contributed by atoms with van der Waals surface area (Å²) in [5.74, 6) is -0.146. The summed E-state index contributed by atoms with van der Waals surface area (Å²) in [6, 6.07) is -0.252. The first-order chi connectivity index (χ1) is 9.63. The Balaban J connectivity index is 2.03. The fourth-order valence-corrected chi connectivity index (χ4v) is 3.37. The number of amides is 1. The molecular formula is C15H26N2O3. The highest BCUT2D eigenvalue weighted by atomic mass is 16.5. The first kappa shape index (κ1) is 15.3. The molecule has 3 unspecified atom stereocenters.